The van der Waals surface area contributed by atoms with Gasteiger partial charge in [-0.15, -0.1) is 11.3 Å². The Morgan fingerprint density at radius 2 is 2.06 bits per heavy atom. The van der Waals surface area contributed by atoms with E-state index >= 15 is 0 Å². The molecule has 0 radical (unpaired) electrons. The summed E-state index contributed by atoms with van der Waals surface area (Å²) in [5.74, 6) is 1.64. The summed E-state index contributed by atoms with van der Waals surface area (Å²) in [7, 11) is 1.72. The molecule has 0 spiro atoms. The molecule has 1 aliphatic rings. The lowest BCUT2D eigenvalue weighted by atomic mass is 9.96. The first-order valence-corrected chi connectivity index (χ1v) is 12.1. The molecule has 31 heavy (non-hydrogen) atoms. The number of rotatable bonds is 8. The van der Waals surface area contributed by atoms with Gasteiger partial charge in [0.1, 0.15) is 5.75 Å². The number of thiophene rings is 1. The van der Waals surface area contributed by atoms with Crippen molar-refractivity contribution in [1.82, 2.24) is 9.80 Å². The van der Waals surface area contributed by atoms with Crippen LogP contribution in [0.15, 0.2) is 54.6 Å². The van der Waals surface area contributed by atoms with E-state index in [9.17, 15) is 4.79 Å². The van der Waals surface area contributed by atoms with Crippen molar-refractivity contribution >= 4 is 27.3 Å². The summed E-state index contributed by atoms with van der Waals surface area (Å²) < 4.78 is 6.53. The fraction of sp³-hybridized carbons (Fsp3) is 0.423. The topological polar surface area (TPSA) is 32.8 Å². The van der Waals surface area contributed by atoms with Crippen LogP contribution in [0.25, 0.3) is 10.1 Å². The number of amides is 1. The Hall–Kier alpha value is -2.37. The molecule has 164 valence electrons. The molecule has 4 rings (SSSR count). The molecule has 3 aromatic rings. The maximum atomic E-state index is 13.2. The van der Waals surface area contributed by atoms with E-state index in [2.05, 4.69) is 42.2 Å². The molecular weight excluding hydrogens is 404 g/mol. The quantitative estimate of drug-likeness (QED) is 0.479. The molecule has 2 heterocycles. The largest absolute Gasteiger partial charge is 0.497 e. The van der Waals surface area contributed by atoms with Gasteiger partial charge in [0, 0.05) is 30.9 Å². The van der Waals surface area contributed by atoms with Gasteiger partial charge in [-0.05, 0) is 73.9 Å². The standard InChI is InChI=1S/C26H32N2O2S/c1-3-28(26(29)25-17-22-10-4-5-12-24(22)31-25)19-21-9-7-14-27(18-21)15-13-20-8-6-11-23(16-20)30-2/h4-6,8,10-12,16-17,21H,3,7,9,13-15,18-19H2,1-2H3. The van der Waals surface area contributed by atoms with Crippen LogP contribution in [0, 0.1) is 5.92 Å². The van der Waals surface area contributed by atoms with E-state index in [-0.39, 0.29) is 5.91 Å². The van der Waals surface area contributed by atoms with E-state index < -0.39 is 0 Å². The maximum Gasteiger partial charge on any atom is 0.263 e. The van der Waals surface area contributed by atoms with Gasteiger partial charge < -0.3 is 14.5 Å². The molecule has 2 aromatic carbocycles. The van der Waals surface area contributed by atoms with Gasteiger partial charge in [0.05, 0.1) is 12.0 Å². The van der Waals surface area contributed by atoms with Crippen LogP contribution in [0.5, 0.6) is 5.75 Å². The molecule has 0 N–H and O–H groups in total. The number of piperidine rings is 1. The van der Waals surface area contributed by atoms with E-state index in [0.717, 1.165) is 55.2 Å². The van der Waals surface area contributed by atoms with Crippen molar-refractivity contribution in [2.45, 2.75) is 26.2 Å². The fourth-order valence-electron chi connectivity index (χ4n) is 4.53. The van der Waals surface area contributed by atoms with Crippen LogP contribution in [0.2, 0.25) is 0 Å². The van der Waals surface area contributed by atoms with Gasteiger partial charge in [-0.2, -0.15) is 0 Å². The molecule has 0 aliphatic carbocycles. The van der Waals surface area contributed by atoms with Crippen molar-refractivity contribution in [3.05, 3.63) is 65.0 Å². The number of carbonyl (C=O) groups excluding carboxylic acids is 1. The average Bonchev–Trinajstić information content (AvgIpc) is 3.25. The third kappa shape index (κ3) is 5.46. The van der Waals surface area contributed by atoms with Gasteiger partial charge >= 0.3 is 0 Å². The Morgan fingerprint density at radius 3 is 2.87 bits per heavy atom. The maximum absolute atomic E-state index is 13.2. The summed E-state index contributed by atoms with van der Waals surface area (Å²) in [5, 5.41) is 1.16. The van der Waals surface area contributed by atoms with Crippen LogP contribution in [0.3, 0.4) is 0 Å². The van der Waals surface area contributed by atoms with Crippen LogP contribution in [0.1, 0.15) is 35.0 Å². The first kappa shape index (κ1) is 21.8. The summed E-state index contributed by atoms with van der Waals surface area (Å²) >= 11 is 1.61. The normalized spacial score (nSPS) is 17.0. The van der Waals surface area contributed by atoms with Gasteiger partial charge in [-0.25, -0.2) is 0 Å². The Bertz CT molecular complexity index is 982. The molecule has 1 aliphatic heterocycles. The molecule has 1 aromatic heterocycles. The number of benzene rings is 2. The third-order valence-electron chi connectivity index (χ3n) is 6.24. The van der Waals surface area contributed by atoms with Crippen molar-refractivity contribution in [3.8, 4) is 5.75 Å². The Labute approximate surface area is 189 Å². The molecule has 4 nitrogen and oxygen atoms in total. The minimum absolute atomic E-state index is 0.178. The predicted octanol–water partition coefficient (Wildman–Crippen LogP) is 5.33. The van der Waals surface area contributed by atoms with Gasteiger partial charge in [0.25, 0.3) is 5.91 Å². The molecule has 5 heteroatoms. The molecule has 1 amide bonds. The van der Waals surface area contributed by atoms with Gasteiger partial charge in [0.2, 0.25) is 0 Å². The van der Waals surface area contributed by atoms with E-state index in [1.807, 2.05) is 29.2 Å². The molecular formula is C26H32N2O2S. The SMILES string of the molecule is CCN(CC1CCCN(CCc2cccc(OC)c2)C1)C(=O)c1cc2ccccc2s1. The molecule has 1 unspecified atom stereocenters. The second-order valence-electron chi connectivity index (χ2n) is 8.40. The number of hydrogen-bond donors (Lipinski definition) is 0. The van der Waals surface area contributed by atoms with Crippen LogP contribution < -0.4 is 4.74 Å². The summed E-state index contributed by atoms with van der Waals surface area (Å²) in [5.41, 5.74) is 1.32. The molecule has 1 fully saturated rings. The van der Waals surface area contributed by atoms with Crippen LogP contribution in [-0.4, -0.2) is 55.5 Å². The van der Waals surface area contributed by atoms with E-state index in [1.54, 1.807) is 18.4 Å². The smallest absolute Gasteiger partial charge is 0.263 e. The highest BCUT2D eigenvalue weighted by molar-refractivity contribution is 7.20. The third-order valence-corrected chi connectivity index (χ3v) is 7.34. The van der Waals surface area contributed by atoms with E-state index in [1.165, 1.54) is 23.1 Å². The van der Waals surface area contributed by atoms with Gasteiger partial charge in [0.15, 0.2) is 0 Å². The van der Waals surface area contributed by atoms with Crippen LogP contribution in [0.4, 0.5) is 0 Å². The lowest BCUT2D eigenvalue weighted by Crippen LogP contribution is -2.43. The number of likely N-dealkylation sites (tertiary alicyclic amines) is 1. The molecule has 1 saturated heterocycles. The number of nitrogens with zero attached hydrogens (tertiary/aromatic N) is 2. The summed E-state index contributed by atoms with van der Waals surface area (Å²) in [6.07, 6.45) is 3.44. The Balaban J connectivity index is 1.34. The number of ether oxygens (including phenoxy) is 1. The lowest BCUT2D eigenvalue weighted by molar-refractivity contribution is 0.0695. The first-order chi connectivity index (χ1) is 15.2. The van der Waals surface area contributed by atoms with E-state index in [0.29, 0.717) is 5.92 Å². The predicted molar refractivity (Wildman–Crippen MR) is 129 cm³/mol. The minimum Gasteiger partial charge on any atom is -0.497 e. The lowest BCUT2D eigenvalue weighted by Gasteiger charge is -2.35. The number of methoxy groups -OCH3 is 1. The molecule has 0 saturated carbocycles. The summed E-state index contributed by atoms with van der Waals surface area (Å²) in [6.45, 7) is 6.97. The van der Waals surface area contributed by atoms with Crippen molar-refractivity contribution in [2.75, 3.05) is 39.8 Å². The summed E-state index contributed by atoms with van der Waals surface area (Å²) in [4.78, 5) is 18.6. The van der Waals surface area contributed by atoms with Crippen molar-refractivity contribution < 1.29 is 9.53 Å². The fourth-order valence-corrected chi connectivity index (χ4v) is 5.56. The number of fused-ring (bicyclic) bond motifs is 1. The first-order valence-electron chi connectivity index (χ1n) is 11.3. The van der Waals surface area contributed by atoms with Crippen LogP contribution in [-0.2, 0) is 6.42 Å². The molecule has 0 bridgehead atoms. The minimum atomic E-state index is 0.178. The highest BCUT2D eigenvalue weighted by atomic mass is 32.1. The number of hydrogen-bond acceptors (Lipinski definition) is 4. The highest BCUT2D eigenvalue weighted by Crippen LogP contribution is 2.27. The monoisotopic (exact) mass is 436 g/mol. The second kappa shape index (κ2) is 10.3. The van der Waals surface area contributed by atoms with E-state index in [4.69, 9.17) is 4.74 Å². The Morgan fingerprint density at radius 1 is 1.19 bits per heavy atom. The highest BCUT2D eigenvalue weighted by Gasteiger charge is 2.25. The van der Waals surface area contributed by atoms with Crippen molar-refractivity contribution in [1.29, 1.82) is 0 Å². The molecule has 1 atom stereocenters. The zero-order chi connectivity index (χ0) is 21.6. The van der Waals surface area contributed by atoms with Gasteiger partial charge in [-0.3, -0.25) is 4.79 Å². The average molecular weight is 437 g/mol. The second-order valence-corrected chi connectivity index (χ2v) is 9.49. The summed E-state index contributed by atoms with van der Waals surface area (Å²) in [6, 6.07) is 18.6. The zero-order valence-corrected chi connectivity index (χ0v) is 19.4. The van der Waals surface area contributed by atoms with Crippen molar-refractivity contribution in [3.63, 3.8) is 0 Å². The number of carbonyl (C=O) groups is 1. The zero-order valence-electron chi connectivity index (χ0n) is 18.5. The van der Waals surface area contributed by atoms with Crippen LogP contribution >= 0.6 is 11.3 Å². The van der Waals surface area contributed by atoms with Gasteiger partial charge in [-0.1, -0.05) is 30.3 Å². The Kier molecular flexibility index (Phi) is 7.25. The van der Waals surface area contributed by atoms with Crippen molar-refractivity contribution in [2.24, 2.45) is 5.92 Å².